The van der Waals surface area contributed by atoms with Gasteiger partial charge in [0.15, 0.2) is 6.10 Å². The normalized spacial score (nSPS) is 13.2. The summed E-state index contributed by atoms with van der Waals surface area (Å²) in [4.78, 5) is 10.7. The van der Waals surface area contributed by atoms with Crippen LogP contribution in [0.25, 0.3) is 0 Å². The summed E-state index contributed by atoms with van der Waals surface area (Å²) in [7, 11) is 1.28. The predicted molar refractivity (Wildman–Crippen MR) is 42.1 cm³/mol. The average Bonchev–Trinajstić information content (AvgIpc) is 1.98. The van der Waals surface area contributed by atoms with Gasteiger partial charge in [-0.25, -0.2) is 4.79 Å². The molecule has 0 saturated carbocycles. The Balaban J connectivity index is 3.52. The van der Waals surface area contributed by atoms with E-state index in [9.17, 15) is 4.79 Å². The van der Waals surface area contributed by atoms with Crippen molar-refractivity contribution in [3.05, 3.63) is 0 Å². The molecule has 0 spiro atoms. The molecule has 0 aromatic rings. The fraction of sp³-hybridized carbons (Fsp3) is 0.875. The highest BCUT2D eigenvalue weighted by Crippen LogP contribution is 2.07. The number of aliphatic hydroxyl groups excluding tert-OH is 1. The first-order valence-electron chi connectivity index (χ1n) is 3.83. The van der Waals surface area contributed by atoms with E-state index in [0.29, 0.717) is 12.3 Å². The SMILES string of the molecule is COC(=O)C(O)CCC(C)C. The standard InChI is InChI=1S/C8H16O3/c1-6(2)4-5-7(9)8(10)11-3/h6-7,9H,4-5H2,1-3H3. The second-order valence-corrected chi connectivity index (χ2v) is 3.01. The zero-order chi connectivity index (χ0) is 8.85. The molecular formula is C8H16O3. The summed E-state index contributed by atoms with van der Waals surface area (Å²) >= 11 is 0. The van der Waals surface area contributed by atoms with E-state index in [2.05, 4.69) is 4.74 Å². The highest BCUT2D eigenvalue weighted by molar-refractivity contribution is 5.74. The zero-order valence-corrected chi connectivity index (χ0v) is 7.33. The van der Waals surface area contributed by atoms with Crippen LogP contribution in [0.3, 0.4) is 0 Å². The molecule has 1 atom stereocenters. The number of hydrogen-bond donors (Lipinski definition) is 1. The topological polar surface area (TPSA) is 46.5 Å². The molecule has 0 amide bonds. The molecule has 0 saturated heterocycles. The van der Waals surface area contributed by atoms with Crippen LogP contribution < -0.4 is 0 Å². The van der Waals surface area contributed by atoms with Gasteiger partial charge in [-0.15, -0.1) is 0 Å². The molecule has 1 unspecified atom stereocenters. The third kappa shape index (κ3) is 4.79. The van der Waals surface area contributed by atoms with Gasteiger partial charge in [0.05, 0.1) is 7.11 Å². The first-order valence-corrected chi connectivity index (χ1v) is 3.83. The molecule has 11 heavy (non-hydrogen) atoms. The number of hydrogen-bond acceptors (Lipinski definition) is 3. The maximum Gasteiger partial charge on any atom is 0.334 e. The van der Waals surface area contributed by atoms with Gasteiger partial charge >= 0.3 is 5.97 Å². The van der Waals surface area contributed by atoms with Crippen molar-refractivity contribution in [1.82, 2.24) is 0 Å². The summed E-state index contributed by atoms with van der Waals surface area (Å²) in [5, 5.41) is 9.09. The van der Waals surface area contributed by atoms with E-state index in [-0.39, 0.29) is 0 Å². The Morgan fingerprint density at radius 2 is 2.00 bits per heavy atom. The molecule has 0 aliphatic heterocycles. The smallest absolute Gasteiger partial charge is 0.334 e. The highest BCUT2D eigenvalue weighted by atomic mass is 16.5. The summed E-state index contributed by atoms with van der Waals surface area (Å²) in [6.45, 7) is 4.09. The van der Waals surface area contributed by atoms with Gasteiger partial charge in [-0.1, -0.05) is 13.8 Å². The lowest BCUT2D eigenvalue weighted by Gasteiger charge is -2.08. The fourth-order valence-corrected chi connectivity index (χ4v) is 0.745. The molecule has 0 aliphatic carbocycles. The largest absolute Gasteiger partial charge is 0.467 e. The molecule has 1 N–H and O–H groups in total. The Bertz CT molecular complexity index is 121. The van der Waals surface area contributed by atoms with Crippen LogP contribution in [-0.2, 0) is 9.53 Å². The molecular weight excluding hydrogens is 144 g/mol. The van der Waals surface area contributed by atoms with Crippen molar-refractivity contribution in [2.24, 2.45) is 5.92 Å². The molecule has 0 aromatic heterocycles. The van der Waals surface area contributed by atoms with Gasteiger partial charge in [0.1, 0.15) is 0 Å². The van der Waals surface area contributed by atoms with Crippen LogP contribution in [-0.4, -0.2) is 24.3 Å². The monoisotopic (exact) mass is 160 g/mol. The molecule has 3 nitrogen and oxygen atoms in total. The van der Waals surface area contributed by atoms with Crippen molar-refractivity contribution in [2.45, 2.75) is 32.8 Å². The van der Waals surface area contributed by atoms with E-state index >= 15 is 0 Å². The number of carbonyl (C=O) groups excluding carboxylic acids is 1. The van der Waals surface area contributed by atoms with Gasteiger partial charge in [-0.05, 0) is 18.8 Å². The molecule has 66 valence electrons. The number of rotatable bonds is 4. The van der Waals surface area contributed by atoms with Gasteiger partial charge in [0.2, 0.25) is 0 Å². The predicted octanol–water partition coefficient (Wildman–Crippen LogP) is 0.956. The molecule has 3 heteroatoms. The van der Waals surface area contributed by atoms with Gasteiger partial charge in [-0.3, -0.25) is 0 Å². The minimum absolute atomic E-state index is 0.490. The highest BCUT2D eigenvalue weighted by Gasteiger charge is 2.14. The number of ether oxygens (including phenoxy) is 1. The van der Waals surface area contributed by atoms with Gasteiger partial charge in [0, 0.05) is 0 Å². The van der Waals surface area contributed by atoms with E-state index in [1.54, 1.807) is 0 Å². The van der Waals surface area contributed by atoms with Crippen LogP contribution in [0.5, 0.6) is 0 Å². The van der Waals surface area contributed by atoms with E-state index in [1.807, 2.05) is 13.8 Å². The second-order valence-electron chi connectivity index (χ2n) is 3.01. The Labute approximate surface area is 67.4 Å². The molecule has 0 heterocycles. The number of methoxy groups -OCH3 is 1. The van der Waals surface area contributed by atoms with Crippen LogP contribution in [0.2, 0.25) is 0 Å². The second kappa shape index (κ2) is 5.13. The molecule has 0 aliphatic rings. The Hall–Kier alpha value is -0.570. The Kier molecular flexibility index (Phi) is 4.86. The van der Waals surface area contributed by atoms with Crippen molar-refractivity contribution >= 4 is 5.97 Å². The van der Waals surface area contributed by atoms with E-state index in [1.165, 1.54) is 7.11 Å². The quantitative estimate of drug-likeness (QED) is 0.623. The van der Waals surface area contributed by atoms with E-state index in [4.69, 9.17) is 5.11 Å². The van der Waals surface area contributed by atoms with Gasteiger partial charge < -0.3 is 9.84 Å². The minimum Gasteiger partial charge on any atom is -0.467 e. The summed E-state index contributed by atoms with van der Waals surface area (Å²) in [6.07, 6.45) is 0.392. The van der Waals surface area contributed by atoms with Crippen molar-refractivity contribution in [1.29, 1.82) is 0 Å². The molecule has 0 aromatic carbocycles. The van der Waals surface area contributed by atoms with Crippen LogP contribution in [0.15, 0.2) is 0 Å². The lowest BCUT2D eigenvalue weighted by Crippen LogP contribution is -2.21. The number of carbonyl (C=O) groups is 1. The summed E-state index contributed by atoms with van der Waals surface area (Å²) in [6, 6.07) is 0. The number of aliphatic hydroxyl groups is 1. The maximum atomic E-state index is 10.7. The minimum atomic E-state index is -0.942. The van der Waals surface area contributed by atoms with Crippen molar-refractivity contribution < 1.29 is 14.6 Å². The average molecular weight is 160 g/mol. The summed E-state index contributed by atoms with van der Waals surface area (Å²) in [5.74, 6) is -0.0278. The molecule has 0 radical (unpaired) electrons. The Morgan fingerprint density at radius 1 is 1.45 bits per heavy atom. The summed E-state index contributed by atoms with van der Waals surface area (Å²) < 4.78 is 4.36. The maximum absolute atomic E-state index is 10.7. The lowest BCUT2D eigenvalue weighted by atomic mass is 10.1. The van der Waals surface area contributed by atoms with Crippen LogP contribution in [0.1, 0.15) is 26.7 Å². The third-order valence-electron chi connectivity index (χ3n) is 1.49. The summed E-state index contributed by atoms with van der Waals surface area (Å²) in [5.41, 5.74) is 0. The molecule has 0 fully saturated rings. The van der Waals surface area contributed by atoms with Crippen molar-refractivity contribution in [3.63, 3.8) is 0 Å². The first-order chi connectivity index (χ1) is 5.07. The van der Waals surface area contributed by atoms with Gasteiger partial charge in [-0.2, -0.15) is 0 Å². The molecule has 0 rings (SSSR count). The fourth-order valence-electron chi connectivity index (χ4n) is 0.745. The lowest BCUT2D eigenvalue weighted by molar-refractivity contribution is -0.150. The van der Waals surface area contributed by atoms with Crippen LogP contribution in [0, 0.1) is 5.92 Å². The zero-order valence-electron chi connectivity index (χ0n) is 7.33. The third-order valence-corrected chi connectivity index (χ3v) is 1.49. The first kappa shape index (κ1) is 10.4. The van der Waals surface area contributed by atoms with E-state index < -0.39 is 12.1 Å². The molecule has 0 bridgehead atoms. The van der Waals surface area contributed by atoms with Crippen molar-refractivity contribution in [3.8, 4) is 0 Å². The van der Waals surface area contributed by atoms with Gasteiger partial charge in [0.25, 0.3) is 0 Å². The van der Waals surface area contributed by atoms with Crippen LogP contribution in [0.4, 0.5) is 0 Å². The van der Waals surface area contributed by atoms with E-state index in [0.717, 1.165) is 6.42 Å². The Morgan fingerprint density at radius 3 is 2.36 bits per heavy atom. The van der Waals surface area contributed by atoms with Crippen molar-refractivity contribution in [2.75, 3.05) is 7.11 Å². The number of esters is 1. The van der Waals surface area contributed by atoms with Crippen LogP contribution >= 0.6 is 0 Å².